The number of carboxylic acids is 1. The number of sulfonamides is 1. The van der Waals surface area contributed by atoms with Crippen molar-refractivity contribution in [2.45, 2.75) is 50.5 Å². The summed E-state index contributed by atoms with van der Waals surface area (Å²) in [6.07, 6.45) is 1.36. The lowest BCUT2D eigenvalue weighted by Crippen LogP contribution is -2.57. The Balaban J connectivity index is 1.95. The van der Waals surface area contributed by atoms with E-state index in [9.17, 15) is 23.4 Å². The highest BCUT2D eigenvalue weighted by Crippen LogP contribution is 2.46. The van der Waals surface area contributed by atoms with E-state index in [-0.39, 0.29) is 30.3 Å². The number of aliphatic hydroxyl groups excluding tert-OH is 1. The van der Waals surface area contributed by atoms with Crippen LogP contribution in [-0.4, -0.2) is 48.1 Å². The second kappa shape index (κ2) is 6.37. The van der Waals surface area contributed by atoms with Crippen molar-refractivity contribution in [1.29, 1.82) is 0 Å². The Labute approximate surface area is 148 Å². The predicted molar refractivity (Wildman–Crippen MR) is 92.7 cm³/mol. The number of hydrogen-bond acceptors (Lipinski definition) is 4. The molecule has 2 atom stereocenters. The Morgan fingerprint density at radius 1 is 1.28 bits per heavy atom. The number of hydrogen-bond donors (Lipinski definition) is 2. The molecule has 1 saturated heterocycles. The molecule has 0 unspecified atom stereocenters. The van der Waals surface area contributed by atoms with Crippen LogP contribution < -0.4 is 0 Å². The van der Waals surface area contributed by atoms with Crippen LogP contribution in [-0.2, 0) is 14.8 Å². The number of aryl methyl sites for hydroxylation is 2. The molecule has 1 aromatic carbocycles. The maximum absolute atomic E-state index is 13.1. The van der Waals surface area contributed by atoms with E-state index in [1.165, 1.54) is 4.31 Å². The summed E-state index contributed by atoms with van der Waals surface area (Å²) in [7, 11) is -3.79. The van der Waals surface area contributed by atoms with Gasteiger partial charge in [-0.2, -0.15) is 4.31 Å². The van der Waals surface area contributed by atoms with E-state index in [0.29, 0.717) is 12.0 Å². The maximum Gasteiger partial charge on any atom is 0.313 e. The van der Waals surface area contributed by atoms with Crippen LogP contribution in [0.4, 0.5) is 0 Å². The highest BCUT2D eigenvalue weighted by Gasteiger charge is 2.53. The van der Waals surface area contributed by atoms with Crippen LogP contribution in [0.3, 0.4) is 0 Å². The topological polar surface area (TPSA) is 94.9 Å². The van der Waals surface area contributed by atoms with E-state index < -0.39 is 27.5 Å². The van der Waals surface area contributed by atoms with Gasteiger partial charge in [0.2, 0.25) is 10.0 Å². The fourth-order valence-electron chi connectivity index (χ4n) is 3.81. The van der Waals surface area contributed by atoms with Crippen LogP contribution in [0, 0.1) is 25.2 Å². The fraction of sp³-hybridized carbons (Fsp3) is 0.611. The molecule has 138 valence electrons. The number of benzene rings is 1. The standard InChI is InChI=1S/C18H25NO5S/c1-12-3-6-15(13(2)9-12)25(23,24)19-8-7-16(20)18(11-19,17(21)22)10-14-4-5-14/h3,6,9,14,16,20H,4-5,7-8,10-11H2,1-2H3,(H,21,22)/t16-,18+/m1/s1. The molecule has 1 aliphatic carbocycles. The van der Waals surface area contributed by atoms with Gasteiger partial charge >= 0.3 is 5.97 Å². The summed E-state index contributed by atoms with van der Waals surface area (Å²) in [5.74, 6) is -0.832. The number of carboxylic acid groups (broad SMARTS) is 1. The first-order valence-electron chi connectivity index (χ1n) is 8.66. The molecule has 3 rings (SSSR count). The summed E-state index contributed by atoms with van der Waals surface area (Å²) in [6, 6.07) is 5.13. The summed E-state index contributed by atoms with van der Waals surface area (Å²) >= 11 is 0. The van der Waals surface area contributed by atoms with Crippen LogP contribution in [0.25, 0.3) is 0 Å². The fourth-order valence-corrected chi connectivity index (χ4v) is 5.54. The van der Waals surface area contributed by atoms with Gasteiger partial charge < -0.3 is 10.2 Å². The van der Waals surface area contributed by atoms with Gasteiger partial charge in [0.05, 0.1) is 11.0 Å². The number of aliphatic hydroxyl groups is 1. The van der Waals surface area contributed by atoms with E-state index in [2.05, 4.69) is 0 Å². The van der Waals surface area contributed by atoms with Gasteiger partial charge in [0, 0.05) is 13.1 Å². The van der Waals surface area contributed by atoms with Crippen LogP contribution in [0.15, 0.2) is 23.1 Å². The summed E-state index contributed by atoms with van der Waals surface area (Å²) in [6.45, 7) is 3.60. The monoisotopic (exact) mass is 367 g/mol. The highest BCUT2D eigenvalue weighted by atomic mass is 32.2. The first kappa shape index (κ1) is 18.4. The van der Waals surface area contributed by atoms with Crippen molar-refractivity contribution < 1.29 is 23.4 Å². The van der Waals surface area contributed by atoms with Gasteiger partial charge in [-0.25, -0.2) is 8.42 Å². The molecular formula is C18H25NO5S. The minimum absolute atomic E-state index is 0.135. The number of piperidine rings is 1. The molecule has 0 radical (unpaired) electrons. The number of carbonyl (C=O) groups is 1. The average molecular weight is 367 g/mol. The van der Waals surface area contributed by atoms with E-state index in [4.69, 9.17) is 0 Å². The smallest absolute Gasteiger partial charge is 0.313 e. The van der Waals surface area contributed by atoms with Gasteiger partial charge in [-0.3, -0.25) is 4.79 Å². The number of nitrogens with zero attached hydrogens (tertiary/aromatic N) is 1. The van der Waals surface area contributed by atoms with Gasteiger partial charge in [0.15, 0.2) is 0 Å². The number of rotatable bonds is 5. The highest BCUT2D eigenvalue weighted by molar-refractivity contribution is 7.89. The maximum atomic E-state index is 13.1. The lowest BCUT2D eigenvalue weighted by Gasteiger charge is -2.43. The van der Waals surface area contributed by atoms with Crippen LogP contribution >= 0.6 is 0 Å². The third kappa shape index (κ3) is 3.32. The van der Waals surface area contributed by atoms with Gasteiger partial charge in [-0.1, -0.05) is 30.5 Å². The molecule has 1 heterocycles. The minimum atomic E-state index is -3.79. The quantitative estimate of drug-likeness (QED) is 0.829. The first-order valence-corrected chi connectivity index (χ1v) is 10.1. The SMILES string of the molecule is Cc1ccc(S(=O)(=O)N2CC[C@@H](O)[C@@](CC3CC3)(C(=O)O)C2)c(C)c1. The van der Waals surface area contributed by atoms with Gasteiger partial charge in [0.1, 0.15) is 5.41 Å². The molecule has 2 N–H and O–H groups in total. The second-order valence-electron chi connectivity index (χ2n) is 7.52. The predicted octanol–water partition coefficient (Wildman–Crippen LogP) is 1.93. The van der Waals surface area contributed by atoms with E-state index in [1.54, 1.807) is 25.1 Å². The Morgan fingerprint density at radius 3 is 2.52 bits per heavy atom. The zero-order chi connectivity index (χ0) is 18.4. The first-order chi connectivity index (χ1) is 11.7. The van der Waals surface area contributed by atoms with Crippen molar-refractivity contribution in [2.24, 2.45) is 11.3 Å². The zero-order valence-corrected chi connectivity index (χ0v) is 15.4. The largest absolute Gasteiger partial charge is 0.481 e. The summed E-state index contributed by atoms with van der Waals surface area (Å²) < 4.78 is 27.4. The lowest BCUT2D eigenvalue weighted by atomic mass is 9.74. The molecule has 1 saturated carbocycles. The van der Waals surface area contributed by atoms with Crippen molar-refractivity contribution in [1.82, 2.24) is 4.31 Å². The minimum Gasteiger partial charge on any atom is -0.481 e. The summed E-state index contributed by atoms with van der Waals surface area (Å²) in [5.41, 5.74) is 0.207. The van der Waals surface area contributed by atoms with Crippen LogP contribution in [0.2, 0.25) is 0 Å². The molecule has 2 aliphatic rings. The van der Waals surface area contributed by atoms with Gasteiger partial charge in [-0.05, 0) is 44.2 Å². The average Bonchev–Trinajstić information content (AvgIpc) is 3.32. The van der Waals surface area contributed by atoms with Crippen molar-refractivity contribution in [3.8, 4) is 0 Å². The molecule has 7 heteroatoms. The third-order valence-corrected chi connectivity index (χ3v) is 7.48. The summed E-state index contributed by atoms with van der Waals surface area (Å²) in [4.78, 5) is 12.2. The Kier molecular flexibility index (Phi) is 4.68. The molecule has 0 bridgehead atoms. The van der Waals surface area contributed by atoms with Crippen molar-refractivity contribution >= 4 is 16.0 Å². The van der Waals surface area contributed by atoms with E-state index in [0.717, 1.165) is 18.4 Å². The Hall–Kier alpha value is -1.44. The molecule has 6 nitrogen and oxygen atoms in total. The summed E-state index contributed by atoms with van der Waals surface area (Å²) in [5, 5.41) is 20.2. The van der Waals surface area contributed by atoms with Gasteiger partial charge in [-0.15, -0.1) is 0 Å². The molecule has 1 aliphatic heterocycles. The Bertz CT molecular complexity index is 787. The molecule has 0 amide bonds. The zero-order valence-electron chi connectivity index (χ0n) is 14.6. The van der Waals surface area contributed by atoms with Crippen molar-refractivity contribution in [3.05, 3.63) is 29.3 Å². The molecule has 0 spiro atoms. The lowest BCUT2D eigenvalue weighted by molar-refractivity contribution is -0.162. The molecular weight excluding hydrogens is 342 g/mol. The number of aliphatic carboxylic acids is 1. The molecule has 2 fully saturated rings. The van der Waals surface area contributed by atoms with Crippen molar-refractivity contribution in [3.63, 3.8) is 0 Å². The normalized spacial score (nSPS) is 28.0. The van der Waals surface area contributed by atoms with Crippen molar-refractivity contribution in [2.75, 3.05) is 13.1 Å². The van der Waals surface area contributed by atoms with Gasteiger partial charge in [0.25, 0.3) is 0 Å². The third-order valence-electron chi connectivity index (χ3n) is 5.47. The van der Waals surface area contributed by atoms with Crippen LogP contribution in [0.1, 0.15) is 36.8 Å². The second-order valence-corrected chi connectivity index (χ2v) is 9.43. The molecule has 25 heavy (non-hydrogen) atoms. The Morgan fingerprint density at radius 2 is 1.96 bits per heavy atom. The van der Waals surface area contributed by atoms with E-state index >= 15 is 0 Å². The van der Waals surface area contributed by atoms with E-state index in [1.807, 2.05) is 6.92 Å². The molecule has 1 aromatic rings. The molecule has 0 aromatic heterocycles. The van der Waals surface area contributed by atoms with Crippen LogP contribution in [0.5, 0.6) is 0 Å².